The molecule has 0 spiro atoms. The molecule has 0 bridgehead atoms. The van der Waals surface area contributed by atoms with Gasteiger partial charge < -0.3 is 21.1 Å². The van der Waals surface area contributed by atoms with E-state index in [0.29, 0.717) is 11.8 Å². The summed E-state index contributed by atoms with van der Waals surface area (Å²) >= 11 is 0. The van der Waals surface area contributed by atoms with Crippen LogP contribution >= 0.6 is 0 Å². The van der Waals surface area contributed by atoms with Crippen molar-refractivity contribution in [2.24, 2.45) is 5.73 Å². The first-order valence-electron chi connectivity index (χ1n) is 7.06. The van der Waals surface area contributed by atoms with Crippen LogP contribution < -0.4 is 16.4 Å². The lowest BCUT2D eigenvalue weighted by atomic mass is 10.1. The molecule has 4 N–H and O–H groups in total. The number of hydrogen-bond acceptors (Lipinski definition) is 6. The van der Waals surface area contributed by atoms with Gasteiger partial charge in [0.05, 0.1) is 0 Å². The number of allylic oxidation sites excluding steroid dienone is 1. The standard InChI is InChI=1S/C14H21N5O2/c1-3-9(2)17-13-11(12(15)20)8-16-14(19-13)18-10-4-6-21-7-5-10/h8,10H,2-7H2,1H3,(H2,15,20)(H2,16,17,18,19). The van der Waals surface area contributed by atoms with Gasteiger partial charge in [0.1, 0.15) is 11.4 Å². The highest BCUT2D eigenvalue weighted by atomic mass is 16.5. The monoisotopic (exact) mass is 291 g/mol. The van der Waals surface area contributed by atoms with Crippen LogP contribution in [-0.2, 0) is 4.74 Å². The normalized spacial score (nSPS) is 15.5. The Balaban J connectivity index is 2.16. The van der Waals surface area contributed by atoms with E-state index in [-0.39, 0.29) is 11.6 Å². The van der Waals surface area contributed by atoms with E-state index in [1.54, 1.807) is 0 Å². The molecule has 21 heavy (non-hydrogen) atoms. The Hall–Kier alpha value is -2.15. The number of rotatable bonds is 6. The number of anilines is 2. The Bertz CT molecular complexity index is 526. The highest BCUT2D eigenvalue weighted by molar-refractivity contribution is 5.97. The number of carbonyl (C=O) groups excluding carboxylic acids is 1. The van der Waals surface area contributed by atoms with E-state index in [1.165, 1.54) is 6.20 Å². The van der Waals surface area contributed by atoms with Crippen molar-refractivity contribution in [3.63, 3.8) is 0 Å². The zero-order chi connectivity index (χ0) is 15.2. The van der Waals surface area contributed by atoms with Crippen molar-refractivity contribution in [2.45, 2.75) is 32.2 Å². The molecule has 1 aliphatic rings. The summed E-state index contributed by atoms with van der Waals surface area (Å²) in [6.45, 7) is 7.28. The van der Waals surface area contributed by atoms with Crippen LogP contribution in [-0.4, -0.2) is 35.1 Å². The Morgan fingerprint density at radius 2 is 2.24 bits per heavy atom. The molecule has 1 aliphatic heterocycles. The smallest absolute Gasteiger partial charge is 0.254 e. The molecule has 1 aromatic rings. The summed E-state index contributed by atoms with van der Waals surface area (Å²) in [7, 11) is 0. The van der Waals surface area contributed by atoms with Crippen molar-refractivity contribution >= 4 is 17.7 Å². The predicted octanol–water partition coefficient (Wildman–Crippen LogP) is 1.50. The van der Waals surface area contributed by atoms with Crippen LogP contribution in [0.2, 0.25) is 0 Å². The molecule has 0 atom stereocenters. The van der Waals surface area contributed by atoms with Crippen molar-refractivity contribution in [3.8, 4) is 0 Å². The van der Waals surface area contributed by atoms with Gasteiger partial charge in [-0.15, -0.1) is 0 Å². The fraction of sp³-hybridized carbons (Fsp3) is 0.500. The van der Waals surface area contributed by atoms with Crippen LogP contribution in [0, 0.1) is 0 Å². The molecular formula is C14H21N5O2. The van der Waals surface area contributed by atoms with Crippen molar-refractivity contribution in [3.05, 3.63) is 24.0 Å². The fourth-order valence-corrected chi connectivity index (χ4v) is 2.01. The van der Waals surface area contributed by atoms with Crippen LogP contribution in [0.5, 0.6) is 0 Å². The molecule has 1 saturated heterocycles. The highest BCUT2D eigenvalue weighted by Crippen LogP contribution is 2.18. The van der Waals surface area contributed by atoms with Crippen LogP contribution in [0.3, 0.4) is 0 Å². The third-order valence-electron chi connectivity index (χ3n) is 3.33. The Morgan fingerprint density at radius 1 is 1.52 bits per heavy atom. The summed E-state index contributed by atoms with van der Waals surface area (Å²) < 4.78 is 5.31. The number of nitrogens with two attached hydrogens (primary N) is 1. The summed E-state index contributed by atoms with van der Waals surface area (Å²) in [6, 6.07) is 0.278. The molecule has 0 aliphatic carbocycles. The second-order valence-electron chi connectivity index (χ2n) is 4.93. The average molecular weight is 291 g/mol. The maximum atomic E-state index is 11.4. The largest absolute Gasteiger partial charge is 0.381 e. The van der Waals surface area contributed by atoms with E-state index in [4.69, 9.17) is 10.5 Å². The number of ether oxygens (including phenoxy) is 1. The minimum atomic E-state index is -0.570. The molecule has 2 rings (SSSR count). The van der Waals surface area contributed by atoms with E-state index in [9.17, 15) is 4.79 Å². The maximum absolute atomic E-state index is 11.4. The first kappa shape index (κ1) is 15.2. The number of hydrogen-bond donors (Lipinski definition) is 3. The van der Waals surface area contributed by atoms with Gasteiger partial charge in [-0.05, 0) is 19.3 Å². The van der Waals surface area contributed by atoms with Crippen molar-refractivity contribution in [2.75, 3.05) is 23.8 Å². The quantitative estimate of drug-likeness (QED) is 0.734. The Kier molecular flexibility index (Phi) is 5.10. The van der Waals surface area contributed by atoms with E-state index in [2.05, 4.69) is 27.2 Å². The predicted molar refractivity (Wildman–Crippen MR) is 81.1 cm³/mol. The first-order valence-corrected chi connectivity index (χ1v) is 7.06. The molecule has 1 fully saturated rings. The molecule has 0 unspecified atom stereocenters. The van der Waals surface area contributed by atoms with E-state index in [1.807, 2.05) is 6.92 Å². The van der Waals surface area contributed by atoms with Crippen molar-refractivity contribution < 1.29 is 9.53 Å². The molecule has 1 amide bonds. The van der Waals surface area contributed by atoms with Gasteiger partial charge in [-0.1, -0.05) is 13.5 Å². The molecular weight excluding hydrogens is 270 g/mol. The zero-order valence-electron chi connectivity index (χ0n) is 12.2. The van der Waals surface area contributed by atoms with Gasteiger partial charge in [-0.25, -0.2) is 4.98 Å². The first-order chi connectivity index (χ1) is 10.1. The topological polar surface area (TPSA) is 102 Å². The Labute approximate surface area is 124 Å². The summed E-state index contributed by atoms with van der Waals surface area (Å²) in [4.78, 5) is 19.9. The summed E-state index contributed by atoms with van der Waals surface area (Å²) in [5.41, 5.74) is 6.35. The average Bonchev–Trinajstić information content (AvgIpc) is 2.48. The molecule has 7 nitrogen and oxygen atoms in total. The molecule has 0 aromatic carbocycles. The van der Waals surface area contributed by atoms with Gasteiger partial charge in [0.25, 0.3) is 5.91 Å². The van der Waals surface area contributed by atoms with Gasteiger partial charge in [-0.3, -0.25) is 4.79 Å². The second kappa shape index (κ2) is 7.03. The molecule has 114 valence electrons. The van der Waals surface area contributed by atoms with Gasteiger partial charge in [0.15, 0.2) is 0 Å². The van der Waals surface area contributed by atoms with Crippen LogP contribution in [0.1, 0.15) is 36.5 Å². The van der Waals surface area contributed by atoms with Gasteiger partial charge >= 0.3 is 0 Å². The number of nitrogens with one attached hydrogen (secondary N) is 2. The highest BCUT2D eigenvalue weighted by Gasteiger charge is 2.17. The number of carbonyl (C=O) groups is 1. The van der Waals surface area contributed by atoms with E-state index < -0.39 is 5.91 Å². The summed E-state index contributed by atoms with van der Waals surface area (Å²) in [5.74, 6) is 0.288. The second-order valence-corrected chi connectivity index (χ2v) is 4.93. The zero-order valence-corrected chi connectivity index (χ0v) is 12.2. The van der Waals surface area contributed by atoms with Gasteiger partial charge in [-0.2, -0.15) is 4.98 Å². The third kappa shape index (κ3) is 4.16. The van der Waals surface area contributed by atoms with Gasteiger partial charge in [0.2, 0.25) is 5.95 Å². The summed E-state index contributed by atoms with van der Waals surface area (Å²) in [6.07, 6.45) is 3.98. The van der Waals surface area contributed by atoms with Gasteiger partial charge in [0, 0.05) is 31.1 Å². The number of primary amides is 1. The lowest BCUT2D eigenvalue weighted by Crippen LogP contribution is -2.29. The third-order valence-corrected chi connectivity index (χ3v) is 3.33. The maximum Gasteiger partial charge on any atom is 0.254 e. The SMILES string of the molecule is C=C(CC)Nc1nc(NC2CCOCC2)ncc1C(N)=O. The molecule has 2 heterocycles. The number of nitrogens with zero attached hydrogens (tertiary/aromatic N) is 2. The minimum Gasteiger partial charge on any atom is -0.381 e. The molecule has 0 saturated carbocycles. The Morgan fingerprint density at radius 3 is 2.86 bits per heavy atom. The fourth-order valence-electron chi connectivity index (χ4n) is 2.01. The molecule has 7 heteroatoms. The van der Waals surface area contributed by atoms with Crippen molar-refractivity contribution in [1.82, 2.24) is 9.97 Å². The lowest BCUT2D eigenvalue weighted by Gasteiger charge is -2.23. The molecule has 1 aromatic heterocycles. The minimum absolute atomic E-state index is 0.252. The summed E-state index contributed by atoms with van der Waals surface area (Å²) in [5, 5.41) is 6.26. The van der Waals surface area contributed by atoms with E-state index >= 15 is 0 Å². The number of amides is 1. The van der Waals surface area contributed by atoms with Crippen LogP contribution in [0.25, 0.3) is 0 Å². The van der Waals surface area contributed by atoms with Crippen LogP contribution in [0.4, 0.5) is 11.8 Å². The lowest BCUT2D eigenvalue weighted by molar-refractivity contribution is 0.0903. The van der Waals surface area contributed by atoms with Crippen molar-refractivity contribution in [1.29, 1.82) is 0 Å². The van der Waals surface area contributed by atoms with Crippen LogP contribution in [0.15, 0.2) is 18.5 Å². The van der Waals surface area contributed by atoms with E-state index in [0.717, 1.165) is 38.2 Å². The number of aromatic nitrogens is 2. The molecule has 0 radical (unpaired) electrons.